The summed E-state index contributed by atoms with van der Waals surface area (Å²) in [5.41, 5.74) is 0.372. The lowest BCUT2D eigenvalue weighted by atomic mass is 10.0. The van der Waals surface area contributed by atoms with Crippen LogP contribution in [0.4, 0.5) is 0 Å². The summed E-state index contributed by atoms with van der Waals surface area (Å²) < 4.78 is 0. The van der Waals surface area contributed by atoms with Crippen molar-refractivity contribution in [1.29, 1.82) is 0 Å². The molecule has 3 rings (SSSR count). The molecule has 1 aromatic rings. The lowest BCUT2D eigenvalue weighted by molar-refractivity contribution is -0.131. The Kier molecular flexibility index (Phi) is 5.92. The van der Waals surface area contributed by atoms with Crippen molar-refractivity contribution in [2.75, 3.05) is 31.3 Å². The molecule has 2 aliphatic heterocycles. The molecule has 8 heteroatoms. The van der Waals surface area contributed by atoms with Crippen LogP contribution in [0.5, 0.6) is 0 Å². The number of amides is 2. The molecule has 2 unspecified atom stereocenters. The van der Waals surface area contributed by atoms with Gasteiger partial charge < -0.3 is 15.5 Å². The normalized spacial score (nSPS) is 23.5. The Morgan fingerprint density at radius 2 is 2.21 bits per heavy atom. The average molecular weight is 388 g/mol. The molecule has 0 aliphatic carbocycles. The number of hydrogen-bond donors (Lipinski definition) is 2. The van der Waals surface area contributed by atoms with Gasteiger partial charge in [-0.2, -0.15) is 0 Å². The average Bonchev–Trinajstić information content (AvgIpc) is 3.26. The van der Waals surface area contributed by atoms with Gasteiger partial charge in [0.15, 0.2) is 0 Å². The first-order valence-corrected chi connectivity index (χ1v) is 9.79. The van der Waals surface area contributed by atoms with Crippen LogP contribution in [0.2, 0.25) is 10.0 Å². The SMILES string of the molecule is O=C(NCC1CNC(C(=O)N2CCSC2)C1)c1cccc(Cl)c1Cl. The zero-order valence-corrected chi connectivity index (χ0v) is 15.4. The van der Waals surface area contributed by atoms with E-state index in [4.69, 9.17) is 23.2 Å². The van der Waals surface area contributed by atoms with Crippen molar-refractivity contribution in [2.24, 2.45) is 5.92 Å². The summed E-state index contributed by atoms with van der Waals surface area (Å²) in [5.74, 6) is 1.96. The third-order valence-corrected chi connectivity index (χ3v) is 6.12. The van der Waals surface area contributed by atoms with Gasteiger partial charge in [0, 0.05) is 25.4 Å². The minimum absolute atomic E-state index is 0.139. The van der Waals surface area contributed by atoms with Gasteiger partial charge in [0.1, 0.15) is 0 Å². The fourth-order valence-electron chi connectivity index (χ4n) is 2.97. The Morgan fingerprint density at radius 3 is 2.96 bits per heavy atom. The summed E-state index contributed by atoms with van der Waals surface area (Å²) >= 11 is 13.8. The summed E-state index contributed by atoms with van der Waals surface area (Å²) in [6.07, 6.45) is 0.740. The quantitative estimate of drug-likeness (QED) is 0.831. The zero-order chi connectivity index (χ0) is 17.1. The Balaban J connectivity index is 1.50. The number of nitrogens with one attached hydrogen (secondary N) is 2. The maximum atomic E-state index is 12.4. The Hall–Kier alpha value is -0.950. The maximum Gasteiger partial charge on any atom is 0.252 e. The number of rotatable bonds is 4. The van der Waals surface area contributed by atoms with Gasteiger partial charge in [-0.25, -0.2) is 0 Å². The molecule has 0 radical (unpaired) electrons. The van der Waals surface area contributed by atoms with Crippen LogP contribution in [0, 0.1) is 5.92 Å². The molecule has 0 spiro atoms. The largest absolute Gasteiger partial charge is 0.352 e. The lowest BCUT2D eigenvalue weighted by Gasteiger charge is -2.19. The van der Waals surface area contributed by atoms with Crippen molar-refractivity contribution >= 4 is 46.8 Å². The summed E-state index contributed by atoms with van der Waals surface area (Å²) in [7, 11) is 0. The second kappa shape index (κ2) is 7.95. The summed E-state index contributed by atoms with van der Waals surface area (Å²) in [6, 6.07) is 4.85. The molecule has 2 saturated heterocycles. The molecule has 130 valence electrons. The van der Waals surface area contributed by atoms with Crippen LogP contribution in [-0.4, -0.2) is 54.0 Å². The van der Waals surface area contributed by atoms with Crippen molar-refractivity contribution in [1.82, 2.24) is 15.5 Å². The van der Waals surface area contributed by atoms with Crippen molar-refractivity contribution in [2.45, 2.75) is 12.5 Å². The number of thioether (sulfide) groups is 1. The predicted octanol–water partition coefficient (Wildman–Crippen LogP) is 2.23. The monoisotopic (exact) mass is 387 g/mol. The third kappa shape index (κ3) is 3.99. The van der Waals surface area contributed by atoms with E-state index in [1.165, 1.54) is 0 Å². The van der Waals surface area contributed by atoms with Crippen LogP contribution in [0.15, 0.2) is 18.2 Å². The molecule has 0 aromatic heterocycles. The van der Waals surface area contributed by atoms with Crippen molar-refractivity contribution < 1.29 is 9.59 Å². The first kappa shape index (κ1) is 17.9. The number of hydrogen-bond acceptors (Lipinski definition) is 4. The number of carbonyl (C=O) groups excluding carboxylic acids is 2. The fraction of sp³-hybridized carbons (Fsp3) is 0.500. The summed E-state index contributed by atoms with van der Waals surface area (Å²) in [4.78, 5) is 26.5. The Labute approximate surface area is 155 Å². The van der Waals surface area contributed by atoms with Crippen LogP contribution in [0.25, 0.3) is 0 Å². The molecular weight excluding hydrogens is 369 g/mol. The van der Waals surface area contributed by atoms with Crippen LogP contribution >= 0.6 is 35.0 Å². The zero-order valence-electron chi connectivity index (χ0n) is 13.1. The van der Waals surface area contributed by atoms with Crippen LogP contribution < -0.4 is 10.6 Å². The number of halogens is 2. The van der Waals surface area contributed by atoms with E-state index in [1.807, 2.05) is 4.90 Å². The van der Waals surface area contributed by atoms with Gasteiger partial charge in [-0.3, -0.25) is 9.59 Å². The smallest absolute Gasteiger partial charge is 0.252 e. The molecule has 0 saturated carbocycles. The highest BCUT2D eigenvalue weighted by Gasteiger charge is 2.33. The van der Waals surface area contributed by atoms with Crippen molar-refractivity contribution in [3.63, 3.8) is 0 Å². The van der Waals surface area contributed by atoms with Crippen molar-refractivity contribution in [3.05, 3.63) is 33.8 Å². The summed E-state index contributed by atoms with van der Waals surface area (Å²) in [6.45, 7) is 2.06. The van der Waals surface area contributed by atoms with Crippen LogP contribution in [0.1, 0.15) is 16.8 Å². The highest BCUT2D eigenvalue weighted by atomic mass is 35.5. The first-order chi connectivity index (χ1) is 11.6. The van der Waals surface area contributed by atoms with Crippen LogP contribution in [0.3, 0.4) is 0 Å². The Morgan fingerprint density at radius 1 is 1.38 bits per heavy atom. The van der Waals surface area contributed by atoms with E-state index in [1.54, 1.807) is 30.0 Å². The molecule has 24 heavy (non-hydrogen) atoms. The van der Waals surface area contributed by atoms with E-state index in [0.717, 1.165) is 31.1 Å². The van der Waals surface area contributed by atoms with E-state index >= 15 is 0 Å². The van der Waals surface area contributed by atoms with Crippen molar-refractivity contribution in [3.8, 4) is 0 Å². The van der Waals surface area contributed by atoms with Gasteiger partial charge in [0.25, 0.3) is 5.91 Å². The molecule has 2 N–H and O–H groups in total. The van der Waals surface area contributed by atoms with Gasteiger partial charge in [0.05, 0.1) is 27.5 Å². The topological polar surface area (TPSA) is 61.4 Å². The maximum absolute atomic E-state index is 12.4. The highest BCUT2D eigenvalue weighted by molar-refractivity contribution is 7.99. The van der Waals surface area contributed by atoms with E-state index in [2.05, 4.69) is 10.6 Å². The molecule has 2 atom stereocenters. The second-order valence-electron chi connectivity index (χ2n) is 6.01. The molecule has 2 fully saturated rings. The molecule has 2 heterocycles. The predicted molar refractivity (Wildman–Crippen MR) is 97.7 cm³/mol. The van der Waals surface area contributed by atoms with E-state index in [9.17, 15) is 9.59 Å². The Bertz CT molecular complexity index is 638. The van der Waals surface area contributed by atoms with E-state index < -0.39 is 0 Å². The molecule has 1 aromatic carbocycles. The van der Waals surface area contributed by atoms with E-state index in [-0.39, 0.29) is 28.8 Å². The van der Waals surface area contributed by atoms with Gasteiger partial charge in [-0.1, -0.05) is 29.3 Å². The number of benzene rings is 1. The number of carbonyl (C=O) groups is 2. The van der Waals surface area contributed by atoms with Gasteiger partial charge in [0.2, 0.25) is 5.91 Å². The molecule has 2 amide bonds. The summed E-state index contributed by atoms with van der Waals surface area (Å²) in [5, 5.41) is 6.78. The number of nitrogens with zero attached hydrogens (tertiary/aromatic N) is 1. The molecule has 5 nitrogen and oxygen atoms in total. The molecular formula is C16H19Cl2N3O2S. The van der Waals surface area contributed by atoms with Gasteiger partial charge in [-0.15, -0.1) is 11.8 Å². The lowest BCUT2D eigenvalue weighted by Crippen LogP contribution is -2.42. The standard InChI is InChI=1S/C16H19Cl2N3O2S/c17-12-3-1-2-11(14(12)18)15(22)20-8-10-6-13(19-7-10)16(23)21-4-5-24-9-21/h1-3,10,13,19H,4-9H2,(H,20,22). The second-order valence-corrected chi connectivity index (χ2v) is 7.87. The molecule has 0 bridgehead atoms. The molecule has 2 aliphatic rings. The third-order valence-electron chi connectivity index (χ3n) is 4.33. The van der Waals surface area contributed by atoms with Gasteiger partial charge in [-0.05, 0) is 24.5 Å². The first-order valence-electron chi connectivity index (χ1n) is 7.88. The van der Waals surface area contributed by atoms with Crippen LogP contribution in [-0.2, 0) is 4.79 Å². The minimum Gasteiger partial charge on any atom is -0.352 e. The van der Waals surface area contributed by atoms with E-state index in [0.29, 0.717) is 17.1 Å². The highest BCUT2D eigenvalue weighted by Crippen LogP contribution is 2.25. The van der Waals surface area contributed by atoms with Gasteiger partial charge >= 0.3 is 0 Å². The minimum atomic E-state index is -0.242. The fourth-order valence-corrected chi connectivity index (χ4v) is 4.31.